The minimum Gasteiger partial charge on any atom is -0.379 e. The van der Waals surface area contributed by atoms with Gasteiger partial charge < -0.3 is 10.1 Å². The molecule has 1 saturated heterocycles. The molecule has 0 radical (unpaired) electrons. The molecular weight excluding hydrogens is 328 g/mol. The molecule has 0 unspecified atom stereocenters. The van der Waals surface area contributed by atoms with Crippen molar-refractivity contribution in [3.8, 4) is 0 Å². The van der Waals surface area contributed by atoms with Crippen LogP contribution < -0.4 is 5.32 Å². The standard InChI is InChI=1S/C17H24N2O4S/c1-12-3-6-15(24(21,22)19-7-9-23-10-8-19)11-16(12)17(20)18-13(2)14-4-5-14/h3,6,11,13-14H,4-5,7-10H2,1-2H3,(H,18,20)/t13-/m1/s1. The maximum atomic E-state index is 12.8. The molecule has 0 aromatic heterocycles. The topological polar surface area (TPSA) is 75.7 Å². The van der Waals surface area contributed by atoms with Gasteiger partial charge in [0.05, 0.1) is 18.1 Å². The van der Waals surface area contributed by atoms with Crippen LogP contribution in [0, 0.1) is 12.8 Å². The summed E-state index contributed by atoms with van der Waals surface area (Å²) in [6.45, 7) is 5.31. The second-order valence-electron chi connectivity index (χ2n) is 6.59. The number of nitrogens with one attached hydrogen (secondary N) is 1. The average Bonchev–Trinajstić information content (AvgIpc) is 3.40. The molecule has 2 fully saturated rings. The molecule has 3 rings (SSSR count). The minimum atomic E-state index is -3.59. The van der Waals surface area contributed by atoms with E-state index < -0.39 is 10.0 Å². The van der Waals surface area contributed by atoms with E-state index in [2.05, 4.69) is 5.32 Å². The van der Waals surface area contributed by atoms with Gasteiger partial charge in [0.15, 0.2) is 0 Å². The number of ether oxygens (including phenoxy) is 1. The summed E-state index contributed by atoms with van der Waals surface area (Å²) in [4.78, 5) is 12.7. The van der Waals surface area contributed by atoms with Crippen LogP contribution in [-0.4, -0.2) is 51.0 Å². The van der Waals surface area contributed by atoms with Crippen molar-refractivity contribution in [2.45, 2.75) is 37.6 Å². The van der Waals surface area contributed by atoms with Crippen LogP contribution in [0.1, 0.15) is 35.7 Å². The molecule has 1 saturated carbocycles. The Hall–Kier alpha value is -1.44. The van der Waals surface area contributed by atoms with Gasteiger partial charge in [-0.05, 0) is 50.3 Å². The normalized spacial score (nSPS) is 20.6. The summed E-state index contributed by atoms with van der Waals surface area (Å²) in [6, 6.07) is 4.89. The molecule has 132 valence electrons. The van der Waals surface area contributed by atoms with Gasteiger partial charge in [0.1, 0.15) is 0 Å². The summed E-state index contributed by atoms with van der Waals surface area (Å²) < 4.78 is 32.1. The van der Waals surface area contributed by atoms with E-state index in [9.17, 15) is 13.2 Å². The third-order valence-corrected chi connectivity index (χ3v) is 6.64. The van der Waals surface area contributed by atoms with E-state index in [-0.39, 0.29) is 16.8 Å². The highest BCUT2D eigenvalue weighted by atomic mass is 32.2. The molecule has 1 aromatic rings. The molecule has 0 bridgehead atoms. The molecule has 1 aliphatic carbocycles. The number of carbonyl (C=O) groups excluding carboxylic acids is 1. The number of rotatable bonds is 5. The van der Waals surface area contributed by atoms with Crippen LogP contribution in [0.3, 0.4) is 0 Å². The Labute approximate surface area is 143 Å². The van der Waals surface area contributed by atoms with Gasteiger partial charge in [-0.3, -0.25) is 4.79 Å². The fourth-order valence-electron chi connectivity index (χ4n) is 2.94. The summed E-state index contributed by atoms with van der Waals surface area (Å²) in [5.74, 6) is 0.348. The summed E-state index contributed by atoms with van der Waals surface area (Å²) in [7, 11) is -3.59. The van der Waals surface area contributed by atoms with Crippen molar-refractivity contribution in [1.82, 2.24) is 9.62 Å². The Balaban J connectivity index is 1.83. The fraction of sp³-hybridized carbons (Fsp3) is 0.588. The van der Waals surface area contributed by atoms with E-state index in [0.717, 1.165) is 18.4 Å². The van der Waals surface area contributed by atoms with E-state index in [1.54, 1.807) is 12.1 Å². The number of morpholine rings is 1. The maximum Gasteiger partial charge on any atom is 0.251 e. The number of amides is 1. The Morgan fingerprint density at radius 1 is 1.29 bits per heavy atom. The van der Waals surface area contributed by atoms with Gasteiger partial charge in [0.2, 0.25) is 10.0 Å². The molecule has 1 aromatic carbocycles. The van der Waals surface area contributed by atoms with E-state index in [1.165, 1.54) is 10.4 Å². The van der Waals surface area contributed by atoms with E-state index in [4.69, 9.17) is 4.74 Å². The summed E-state index contributed by atoms with van der Waals surface area (Å²) in [5.41, 5.74) is 1.20. The zero-order valence-electron chi connectivity index (χ0n) is 14.1. The lowest BCUT2D eigenvalue weighted by atomic mass is 10.1. The molecular formula is C17H24N2O4S. The highest BCUT2D eigenvalue weighted by Gasteiger charge is 2.30. The molecule has 1 aliphatic heterocycles. The van der Waals surface area contributed by atoms with E-state index in [0.29, 0.717) is 37.8 Å². The Morgan fingerprint density at radius 3 is 2.58 bits per heavy atom. The summed E-state index contributed by atoms with van der Waals surface area (Å²) in [6.07, 6.45) is 2.29. The summed E-state index contributed by atoms with van der Waals surface area (Å²) >= 11 is 0. The SMILES string of the molecule is Cc1ccc(S(=O)(=O)N2CCOCC2)cc1C(=O)N[C@H](C)C1CC1. The molecule has 1 N–H and O–H groups in total. The average molecular weight is 352 g/mol. The fourth-order valence-corrected chi connectivity index (χ4v) is 4.38. The van der Waals surface area contributed by atoms with Crippen molar-refractivity contribution < 1.29 is 17.9 Å². The first kappa shape index (κ1) is 17.4. The number of hydrogen-bond donors (Lipinski definition) is 1. The van der Waals surface area contributed by atoms with Gasteiger partial charge >= 0.3 is 0 Å². The number of hydrogen-bond acceptors (Lipinski definition) is 4. The first-order valence-corrected chi connectivity index (χ1v) is 9.83. The van der Waals surface area contributed by atoms with Gasteiger partial charge in [-0.2, -0.15) is 4.31 Å². The number of carbonyl (C=O) groups is 1. The van der Waals surface area contributed by atoms with E-state index >= 15 is 0 Å². The zero-order valence-corrected chi connectivity index (χ0v) is 14.9. The van der Waals surface area contributed by atoms with Crippen molar-refractivity contribution in [2.75, 3.05) is 26.3 Å². The number of benzene rings is 1. The lowest BCUT2D eigenvalue weighted by molar-refractivity contribution is 0.0730. The van der Waals surface area contributed by atoms with Crippen molar-refractivity contribution in [3.05, 3.63) is 29.3 Å². The quantitative estimate of drug-likeness (QED) is 0.872. The second-order valence-corrected chi connectivity index (χ2v) is 8.53. The largest absolute Gasteiger partial charge is 0.379 e. The first-order valence-electron chi connectivity index (χ1n) is 8.39. The third-order valence-electron chi connectivity index (χ3n) is 4.75. The lowest BCUT2D eigenvalue weighted by Gasteiger charge is -2.26. The van der Waals surface area contributed by atoms with Gasteiger partial charge in [-0.25, -0.2) is 8.42 Å². The van der Waals surface area contributed by atoms with Gasteiger partial charge in [-0.15, -0.1) is 0 Å². The molecule has 1 amide bonds. The monoisotopic (exact) mass is 352 g/mol. The lowest BCUT2D eigenvalue weighted by Crippen LogP contribution is -2.40. The van der Waals surface area contributed by atoms with Crippen molar-refractivity contribution in [2.24, 2.45) is 5.92 Å². The van der Waals surface area contributed by atoms with Crippen LogP contribution in [0.15, 0.2) is 23.1 Å². The maximum absolute atomic E-state index is 12.8. The number of aryl methyl sites for hydroxylation is 1. The zero-order chi connectivity index (χ0) is 17.3. The molecule has 6 nitrogen and oxygen atoms in total. The minimum absolute atomic E-state index is 0.122. The predicted molar refractivity (Wildman–Crippen MR) is 90.4 cm³/mol. The van der Waals surface area contributed by atoms with Crippen molar-refractivity contribution in [1.29, 1.82) is 0 Å². The Morgan fingerprint density at radius 2 is 1.96 bits per heavy atom. The molecule has 24 heavy (non-hydrogen) atoms. The Kier molecular flexibility index (Phi) is 4.94. The van der Waals surface area contributed by atoms with Gasteiger partial charge in [0.25, 0.3) is 5.91 Å². The third kappa shape index (κ3) is 3.63. The molecule has 0 spiro atoms. The van der Waals surface area contributed by atoms with Crippen LogP contribution in [0.5, 0.6) is 0 Å². The smallest absolute Gasteiger partial charge is 0.251 e. The van der Waals surface area contributed by atoms with Crippen LogP contribution in [0.2, 0.25) is 0 Å². The Bertz CT molecular complexity index is 722. The summed E-state index contributed by atoms with van der Waals surface area (Å²) in [5, 5.41) is 2.99. The second kappa shape index (κ2) is 6.82. The molecule has 1 heterocycles. The van der Waals surface area contributed by atoms with Crippen molar-refractivity contribution in [3.63, 3.8) is 0 Å². The predicted octanol–water partition coefficient (Wildman–Crippen LogP) is 1.54. The van der Waals surface area contributed by atoms with Crippen LogP contribution >= 0.6 is 0 Å². The first-order chi connectivity index (χ1) is 11.4. The highest BCUT2D eigenvalue weighted by molar-refractivity contribution is 7.89. The van der Waals surface area contributed by atoms with Gasteiger partial charge in [0, 0.05) is 24.7 Å². The van der Waals surface area contributed by atoms with Crippen LogP contribution in [0.4, 0.5) is 0 Å². The molecule has 1 atom stereocenters. The highest BCUT2D eigenvalue weighted by Crippen LogP contribution is 2.32. The van der Waals surface area contributed by atoms with Crippen LogP contribution in [-0.2, 0) is 14.8 Å². The number of nitrogens with zero attached hydrogens (tertiary/aromatic N) is 1. The molecule has 2 aliphatic rings. The number of sulfonamides is 1. The molecule has 7 heteroatoms. The van der Waals surface area contributed by atoms with Gasteiger partial charge in [-0.1, -0.05) is 6.07 Å². The van der Waals surface area contributed by atoms with E-state index in [1.807, 2.05) is 13.8 Å². The van der Waals surface area contributed by atoms with Crippen molar-refractivity contribution >= 4 is 15.9 Å². The van der Waals surface area contributed by atoms with Crippen LogP contribution in [0.25, 0.3) is 0 Å².